The summed E-state index contributed by atoms with van der Waals surface area (Å²) in [5, 5.41) is 8.84. The molecule has 3 nitrogen and oxygen atoms in total. The van der Waals surface area contributed by atoms with E-state index in [4.69, 9.17) is 5.11 Å². The first-order valence-corrected chi connectivity index (χ1v) is 7.37. The summed E-state index contributed by atoms with van der Waals surface area (Å²) >= 11 is 0. The van der Waals surface area contributed by atoms with Gasteiger partial charge in [-0.2, -0.15) is 0 Å². The van der Waals surface area contributed by atoms with Crippen molar-refractivity contribution in [2.75, 3.05) is 39.3 Å². The van der Waals surface area contributed by atoms with Crippen LogP contribution in [0.25, 0.3) is 0 Å². The van der Waals surface area contributed by atoms with Crippen molar-refractivity contribution in [2.45, 2.75) is 45.1 Å². The molecule has 0 aromatic heterocycles. The third-order valence-electron chi connectivity index (χ3n) is 4.54. The van der Waals surface area contributed by atoms with Gasteiger partial charge in [0.05, 0.1) is 0 Å². The van der Waals surface area contributed by atoms with Gasteiger partial charge in [-0.25, -0.2) is 0 Å². The SMILES string of the molecule is CC1CCC(N2CCN(CCCO)CC2)CC1. The molecule has 1 saturated carbocycles. The quantitative estimate of drug-likeness (QED) is 0.808. The van der Waals surface area contributed by atoms with Crippen LogP contribution in [0.5, 0.6) is 0 Å². The summed E-state index contributed by atoms with van der Waals surface area (Å²) in [6, 6.07) is 0.867. The molecule has 0 amide bonds. The standard InChI is InChI=1S/C14H28N2O/c1-13-3-5-14(6-4-13)16-10-8-15(9-11-16)7-2-12-17/h13-14,17H,2-12H2,1H3. The van der Waals surface area contributed by atoms with Crippen molar-refractivity contribution in [1.29, 1.82) is 0 Å². The Morgan fingerprint density at radius 2 is 1.65 bits per heavy atom. The van der Waals surface area contributed by atoms with E-state index in [2.05, 4.69) is 16.7 Å². The maximum Gasteiger partial charge on any atom is 0.0443 e. The highest BCUT2D eigenvalue weighted by Gasteiger charge is 2.26. The minimum absolute atomic E-state index is 0.334. The highest BCUT2D eigenvalue weighted by atomic mass is 16.3. The van der Waals surface area contributed by atoms with Crippen LogP contribution in [0, 0.1) is 5.92 Å². The van der Waals surface area contributed by atoms with Crippen LogP contribution in [0.4, 0.5) is 0 Å². The molecule has 2 fully saturated rings. The van der Waals surface area contributed by atoms with Crippen molar-refractivity contribution in [3.05, 3.63) is 0 Å². The molecule has 1 saturated heterocycles. The van der Waals surface area contributed by atoms with E-state index in [0.29, 0.717) is 6.61 Å². The lowest BCUT2D eigenvalue weighted by Gasteiger charge is -2.41. The number of piperazine rings is 1. The molecule has 0 unspecified atom stereocenters. The lowest BCUT2D eigenvalue weighted by atomic mass is 9.86. The van der Waals surface area contributed by atoms with E-state index in [1.165, 1.54) is 51.9 Å². The van der Waals surface area contributed by atoms with Crippen LogP contribution < -0.4 is 0 Å². The fraction of sp³-hybridized carbons (Fsp3) is 1.00. The fourth-order valence-electron chi connectivity index (χ4n) is 3.25. The predicted octanol–water partition coefficient (Wildman–Crippen LogP) is 1.57. The Labute approximate surface area is 106 Å². The minimum Gasteiger partial charge on any atom is -0.396 e. The van der Waals surface area contributed by atoms with E-state index in [1.54, 1.807) is 0 Å². The summed E-state index contributed by atoms with van der Waals surface area (Å²) in [5.74, 6) is 0.956. The largest absolute Gasteiger partial charge is 0.396 e. The van der Waals surface area contributed by atoms with Crippen LogP contribution in [-0.4, -0.2) is 60.3 Å². The van der Waals surface area contributed by atoms with Crippen LogP contribution in [-0.2, 0) is 0 Å². The summed E-state index contributed by atoms with van der Waals surface area (Å²) < 4.78 is 0. The van der Waals surface area contributed by atoms with Gasteiger partial charge < -0.3 is 10.0 Å². The van der Waals surface area contributed by atoms with Gasteiger partial charge in [-0.3, -0.25) is 4.90 Å². The lowest BCUT2D eigenvalue weighted by molar-refractivity contribution is 0.0692. The molecule has 0 spiro atoms. The Bertz CT molecular complexity index is 206. The molecule has 0 radical (unpaired) electrons. The van der Waals surface area contributed by atoms with Crippen LogP contribution in [0.15, 0.2) is 0 Å². The molecule has 0 atom stereocenters. The van der Waals surface area contributed by atoms with Gasteiger partial charge in [0, 0.05) is 45.4 Å². The third-order valence-corrected chi connectivity index (χ3v) is 4.54. The number of aliphatic hydroxyl groups excluding tert-OH is 1. The minimum atomic E-state index is 0.334. The second kappa shape index (κ2) is 6.72. The van der Waals surface area contributed by atoms with Crippen molar-refractivity contribution in [2.24, 2.45) is 5.92 Å². The lowest BCUT2D eigenvalue weighted by Crippen LogP contribution is -2.51. The molecule has 2 rings (SSSR count). The Balaban J connectivity index is 1.68. The smallest absolute Gasteiger partial charge is 0.0443 e. The van der Waals surface area contributed by atoms with Gasteiger partial charge in [0.1, 0.15) is 0 Å². The molecule has 1 aliphatic heterocycles. The van der Waals surface area contributed by atoms with Gasteiger partial charge in [0.2, 0.25) is 0 Å². The zero-order chi connectivity index (χ0) is 12.1. The summed E-state index contributed by atoms with van der Waals surface area (Å²) in [4.78, 5) is 5.21. The van der Waals surface area contributed by atoms with Crippen LogP contribution in [0.1, 0.15) is 39.0 Å². The highest BCUT2D eigenvalue weighted by molar-refractivity contribution is 4.82. The fourth-order valence-corrected chi connectivity index (χ4v) is 3.25. The van der Waals surface area contributed by atoms with Crippen molar-refractivity contribution >= 4 is 0 Å². The molecular weight excluding hydrogens is 212 g/mol. The maximum atomic E-state index is 8.84. The monoisotopic (exact) mass is 240 g/mol. The Morgan fingerprint density at radius 1 is 1.00 bits per heavy atom. The average Bonchev–Trinajstić information content (AvgIpc) is 2.38. The first kappa shape index (κ1) is 13.3. The van der Waals surface area contributed by atoms with Crippen molar-refractivity contribution in [3.63, 3.8) is 0 Å². The second-order valence-electron chi connectivity index (χ2n) is 5.87. The molecular formula is C14H28N2O. The molecule has 17 heavy (non-hydrogen) atoms. The van der Waals surface area contributed by atoms with E-state index in [-0.39, 0.29) is 0 Å². The molecule has 1 N–H and O–H groups in total. The maximum absolute atomic E-state index is 8.84. The first-order valence-electron chi connectivity index (χ1n) is 7.37. The highest BCUT2D eigenvalue weighted by Crippen LogP contribution is 2.27. The molecule has 3 heteroatoms. The molecule has 0 aromatic carbocycles. The summed E-state index contributed by atoms with van der Waals surface area (Å²) in [7, 11) is 0. The number of rotatable bonds is 4. The van der Waals surface area contributed by atoms with Gasteiger partial charge in [-0.1, -0.05) is 6.92 Å². The van der Waals surface area contributed by atoms with Crippen LogP contribution in [0.2, 0.25) is 0 Å². The van der Waals surface area contributed by atoms with E-state index in [0.717, 1.165) is 24.9 Å². The number of hydrogen-bond acceptors (Lipinski definition) is 3. The van der Waals surface area contributed by atoms with Gasteiger partial charge in [0.25, 0.3) is 0 Å². The average molecular weight is 240 g/mol. The zero-order valence-corrected chi connectivity index (χ0v) is 11.3. The summed E-state index contributed by atoms with van der Waals surface area (Å²) in [5.41, 5.74) is 0. The van der Waals surface area contributed by atoms with Gasteiger partial charge in [0.15, 0.2) is 0 Å². The number of hydrogen-bond donors (Lipinski definition) is 1. The Kier molecular flexibility index (Phi) is 5.26. The second-order valence-corrected chi connectivity index (χ2v) is 5.87. The van der Waals surface area contributed by atoms with Crippen molar-refractivity contribution in [1.82, 2.24) is 9.80 Å². The number of aliphatic hydroxyl groups is 1. The van der Waals surface area contributed by atoms with E-state index >= 15 is 0 Å². The molecule has 0 aromatic rings. The van der Waals surface area contributed by atoms with E-state index in [1.807, 2.05) is 0 Å². The molecule has 100 valence electrons. The molecule has 0 bridgehead atoms. The van der Waals surface area contributed by atoms with Gasteiger partial charge in [-0.15, -0.1) is 0 Å². The van der Waals surface area contributed by atoms with E-state index < -0.39 is 0 Å². The molecule has 1 aliphatic carbocycles. The summed E-state index contributed by atoms with van der Waals surface area (Å²) in [6.07, 6.45) is 6.61. The van der Waals surface area contributed by atoms with Gasteiger partial charge >= 0.3 is 0 Å². The summed E-state index contributed by atoms with van der Waals surface area (Å²) in [6.45, 7) is 8.68. The van der Waals surface area contributed by atoms with E-state index in [9.17, 15) is 0 Å². The van der Waals surface area contributed by atoms with Crippen molar-refractivity contribution < 1.29 is 5.11 Å². The first-order chi connectivity index (χ1) is 8.29. The van der Waals surface area contributed by atoms with Gasteiger partial charge in [-0.05, 0) is 38.0 Å². The number of nitrogens with zero attached hydrogens (tertiary/aromatic N) is 2. The predicted molar refractivity (Wildman–Crippen MR) is 71.1 cm³/mol. The van der Waals surface area contributed by atoms with Crippen molar-refractivity contribution in [3.8, 4) is 0 Å². The molecule has 1 heterocycles. The Morgan fingerprint density at radius 3 is 2.24 bits per heavy atom. The Hall–Kier alpha value is -0.120. The van der Waals surface area contributed by atoms with Crippen LogP contribution in [0.3, 0.4) is 0 Å². The topological polar surface area (TPSA) is 26.7 Å². The third kappa shape index (κ3) is 3.94. The normalized spacial score (nSPS) is 32.8. The zero-order valence-electron chi connectivity index (χ0n) is 11.3. The molecule has 2 aliphatic rings. The van der Waals surface area contributed by atoms with Crippen LogP contribution >= 0.6 is 0 Å².